The molecule has 1 aromatic rings. The highest BCUT2D eigenvalue weighted by Gasteiger charge is 2.26. The van der Waals surface area contributed by atoms with Gasteiger partial charge in [0, 0.05) is 22.3 Å². The number of nitrogens with zero attached hydrogens (tertiary/aromatic N) is 1. The number of carbonyl (C=O) groups excluding carboxylic acids is 1. The van der Waals surface area contributed by atoms with Crippen LogP contribution in [0, 0.1) is 9.49 Å². The molecule has 1 aromatic carbocycles. The van der Waals surface area contributed by atoms with E-state index in [-0.39, 0.29) is 6.03 Å². The average molecular weight is 358 g/mol. The second kappa shape index (κ2) is 6.41. The van der Waals surface area contributed by atoms with Gasteiger partial charge in [-0.05, 0) is 72.0 Å². The van der Waals surface area contributed by atoms with Gasteiger partial charge < -0.3 is 10.2 Å². The van der Waals surface area contributed by atoms with E-state index in [2.05, 4.69) is 34.8 Å². The maximum Gasteiger partial charge on any atom is 0.321 e. The van der Waals surface area contributed by atoms with Crippen molar-refractivity contribution in [3.63, 3.8) is 0 Å². The van der Waals surface area contributed by atoms with Crippen molar-refractivity contribution in [2.24, 2.45) is 5.92 Å². The van der Waals surface area contributed by atoms with Crippen LogP contribution in [-0.4, -0.2) is 24.0 Å². The summed E-state index contributed by atoms with van der Waals surface area (Å²) >= 11 is 2.26. The van der Waals surface area contributed by atoms with Gasteiger partial charge >= 0.3 is 6.03 Å². The third kappa shape index (κ3) is 4.15. The van der Waals surface area contributed by atoms with Crippen molar-refractivity contribution < 1.29 is 4.79 Å². The van der Waals surface area contributed by atoms with Crippen LogP contribution in [-0.2, 0) is 0 Å². The maximum absolute atomic E-state index is 12.2. The number of hydrogen-bond donors (Lipinski definition) is 1. The fourth-order valence-corrected chi connectivity index (χ4v) is 2.25. The molecule has 1 fully saturated rings. The van der Waals surface area contributed by atoms with Crippen LogP contribution in [0.4, 0.5) is 10.5 Å². The number of urea groups is 1. The van der Waals surface area contributed by atoms with Gasteiger partial charge in [-0.25, -0.2) is 4.79 Å². The molecule has 0 spiro atoms. The standard InChI is InChI=1S/C14H19IN2O/c1-2-9-17(10-11-3-4-11)14(18)16-13-7-5-12(15)6-8-13/h5-8,11H,2-4,9-10H2,1H3,(H,16,18). The zero-order valence-electron chi connectivity index (χ0n) is 10.7. The first kappa shape index (κ1) is 13.6. The smallest absolute Gasteiger partial charge is 0.321 e. The molecule has 0 atom stereocenters. The van der Waals surface area contributed by atoms with E-state index in [0.29, 0.717) is 0 Å². The quantitative estimate of drug-likeness (QED) is 0.795. The van der Waals surface area contributed by atoms with E-state index >= 15 is 0 Å². The Morgan fingerprint density at radius 2 is 2.06 bits per heavy atom. The highest BCUT2D eigenvalue weighted by molar-refractivity contribution is 14.1. The second-order valence-electron chi connectivity index (χ2n) is 4.83. The number of amides is 2. The molecule has 4 heteroatoms. The first-order valence-corrected chi connectivity index (χ1v) is 7.58. The average Bonchev–Trinajstić information content (AvgIpc) is 3.15. The van der Waals surface area contributed by atoms with Crippen molar-refractivity contribution in [2.75, 3.05) is 18.4 Å². The van der Waals surface area contributed by atoms with Crippen molar-refractivity contribution >= 4 is 34.3 Å². The molecule has 98 valence electrons. The molecule has 1 aliphatic carbocycles. The van der Waals surface area contributed by atoms with Gasteiger partial charge in [-0.15, -0.1) is 0 Å². The molecular weight excluding hydrogens is 339 g/mol. The molecule has 0 saturated heterocycles. The number of carbonyl (C=O) groups is 1. The van der Waals surface area contributed by atoms with Gasteiger partial charge in [-0.1, -0.05) is 6.92 Å². The van der Waals surface area contributed by atoms with Crippen LogP contribution in [0.3, 0.4) is 0 Å². The van der Waals surface area contributed by atoms with E-state index in [9.17, 15) is 4.79 Å². The summed E-state index contributed by atoms with van der Waals surface area (Å²) in [5.74, 6) is 0.735. The Bertz CT molecular complexity index is 401. The fourth-order valence-electron chi connectivity index (χ4n) is 1.89. The number of anilines is 1. The lowest BCUT2D eigenvalue weighted by molar-refractivity contribution is 0.209. The highest BCUT2D eigenvalue weighted by atomic mass is 127. The Kier molecular flexibility index (Phi) is 4.86. The lowest BCUT2D eigenvalue weighted by Gasteiger charge is -2.22. The third-order valence-electron chi connectivity index (χ3n) is 3.05. The molecule has 18 heavy (non-hydrogen) atoms. The molecule has 0 unspecified atom stereocenters. The second-order valence-corrected chi connectivity index (χ2v) is 6.07. The molecule has 0 aliphatic heterocycles. The minimum absolute atomic E-state index is 0.0324. The van der Waals surface area contributed by atoms with Crippen molar-refractivity contribution in [1.82, 2.24) is 4.90 Å². The molecule has 3 nitrogen and oxygen atoms in total. The van der Waals surface area contributed by atoms with Gasteiger partial charge in [0.1, 0.15) is 0 Å². The van der Waals surface area contributed by atoms with Gasteiger partial charge in [-0.3, -0.25) is 0 Å². The van der Waals surface area contributed by atoms with Crippen LogP contribution < -0.4 is 5.32 Å². The van der Waals surface area contributed by atoms with Gasteiger partial charge in [0.05, 0.1) is 0 Å². The molecule has 2 rings (SSSR count). The molecular formula is C14H19IN2O. The molecule has 0 bridgehead atoms. The van der Waals surface area contributed by atoms with E-state index < -0.39 is 0 Å². The van der Waals surface area contributed by atoms with E-state index in [0.717, 1.165) is 31.1 Å². The van der Waals surface area contributed by atoms with Gasteiger partial charge in [-0.2, -0.15) is 0 Å². The molecule has 0 aromatic heterocycles. The summed E-state index contributed by atoms with van der Waals surface area (Å²) < 4.78 is 1.17. The van der Waals surface area contributed by atoms with Gasteiger partial charge in [0.2, 0.25) is 0 Å². The Balaban J connectivity index is 1.92. The lowest BCUT2D eigenvalue weighted by Crippen LogP contribution is -2.37. The zero-order valence-corrected chi connectivity index (χ0v) is 12.8. The Labute approximate surface area is 122 Å². The summed E-state index contributed by atoms with van der Waals surface area (Å²) in [6.45, 7) is 3.86. The first-order chi connectivity index (χ1) is 8.69. The largest absolute Gasteiger partial charge is 0.324 e. The minimum Gasteiger partial charge on any atom is -0.324 e. The number of benzene rings is 1. The summed E-state index contributed by atoms with van der Waals surface area (Å²) in [5.41, 5.74) is 0.873. The van der Waals surface area contributed by atoms with Crippen LogP contribution in [0.1, 0.15) is 26.2 Å². The summed E-state index contributed by atoms with van der Waals surface area (Å²) in [7, 11) is 0. The fraction of sp³-hybridized carbons (Fsp3) is 0.500. The van der Waals surface area contributed by atoms with Crippen molar-refractivity contribution in [3.05, 3.63) is 27.8 Å². The molecule has 1 aliphatic rings. The first-order valence-electron chi connectivity index (χ1n) is 6.50. The summed E-state index contributed by atoms with van der Waals surface area (Å²) in [5, 5.41) is 2.97. The summed E-state index contributed by atoms with van der Waals surface area (Å²) in [6, 6.07) is 7.93. The van der Waals surface area contributed by atoms with E-state index in [4.69, 9.17) is 0 Å². The minimum atomic E-state index is 0.0324. The highest BCUT2D eigenvalue weighted by Crippen LogP contribution is 2.30. The maximum atomic E-state index is 12.2. The van der Waals surface area contributed by atoms with E-state index in [1.54, 1.807) is 0 Å². The lowest BCUT2D eigenvalue weighted by atomic mass is 10.3. The van der Waals surface area contributed by atoms with Gasteiger partial charge in [0.25, 0.3) is 0 Å². The van der Waals surface area contributed by atoms with Crippen LogP contribution in [0.15, 0.2) is 24.3 Å². The van der Waals surface area contributed by atoms with Crippen LogP contribution in [0.25, 0.3) is 0 Å². The van der Waals surface area contributed by atoms with Crippen LogP contribution in [0.2, 0.25) is 0 Å². The predicted octanol–water partition coefficient (Wildman–Crippen LogP) is 3.95. The van der Waals surface area contributed by atoms with E-state index in [1.807, 2.05) is 29.2 Å². The molecule has 0 radical (unpaired) electrons. The molecule has 1 N–H and O–H groups in total. The molecule has 0 heterocycles. The zero-order chi connectivity index (χ0) is 13.0. The summed E-state index contributed by atoms with van der Waals surface area (Å²) in [4.78, 5) is 14.1. The number of rotatable bonds is 5. The number of hydrogen-bond acceptors (Lipinski definition) is 1. The Morgan fingerprint density at radius 1 is 1.39 bits per heavy atom. The number of halogens is 1. The van der Waals surface area contributed by atoms with Crippen LogP contribution >= 0.6 is 22.6 Å². The Hall–Kier alpha value is -0.780. The molecule has 1 saturated carbocycles. The third-order valence-corrected chi connectivity index (χ3v) is 3.77. The van der Waals surface area contributed by atoms with Crippen molar-refractivity contribution in [3.8, 4) is 0 Å². The molecule has 2 amide bonds. The predicted molar refractivity (Wildman–Crippen MR) is 82.8 cm³/mol. The normalized spacial score (nSPS) is 14.3. The van der Waals surface area contributed by atoms with Crippen molar-refractivity contribution in [2.45, 2.75) is 26.2 Å². The van der Waals surface area contributed by atoms with Crippen LogP contribution in [0.5, 0.6) is 0 Å². The topological polar surface area (TPSA) is 32.3 Å². The SMILES string of the molecule is CCCN(CC1CC1)C(=O)Nc1ccc(I)cc1. The van der Waals surface area contributed by atoms with Crippen molar-refractivity contribution in [1.29, 1.82) is 0 Å². The summed E-state index contributed by atoms with van der Waals surface area (Å²) in [6.07, 6.45) is 3.56. The monoisotopic (exact) mass is 358 g/mol. The Morgan fingerprint density at radius 3 is 2.61 bits per heavy atom. The van der Waals surface area contributed by atoms with E-state index in [1.165, 1.54) is 16.4 Å². The van der Waals surface area contributed by atoms with Gasteiger partial charge in [0.15, 0.2) is 0 Å². The number of nitrogens with one attached hydrogen (secondary N) is 1.